The van der Waals surface area contributed by atoms with Gasteiger partial charge in [-0.05, 0) is 35.3 Å². The van der Waals surface area contributed by atoms with E-state index < -0.39 is 0 Å². The van der Waals surface area contributed by atoms with Crippen LogP contribution in [0.25, 0.3) is 5.65 Å². The van der Waals surface area contributed by atoms with Crippen molar-refractivity contribution in [3.05, 3.63) is 23.2 Å². The minimum absolute atomic E-state index is 0.699. The lowest BCUT2D eigenvalue weighted by molar-refractivity contribution is 0.230. The van der Waals surface area contributed by atoms with E-state index in [4.69, 9.17) is 0 Å². The van der Waals surface area contributed by atoms with Gasteiger partial charge in [-0.1, -0.05) is 0 Å². The van der Waals surface area contributed by atoms with Gasteiger partial charge in [-0.15, -0.1) is 0 Å². The molecule has 0 aromatic carbocycles. The minimum atomic E-state index is 0.699. The molecule has 0 aliphatic carbocycles. The summed E-state index contributed by atoms with van der Waals surface area (Å²) in [6.07, 6.45) is 8.41. The zero-order chi connectivity index (χ0) is 12.8. The van der Waals surface area contributed by atoms with Crippen molar-refractivity contribution in [3.63, 3.8) is 0 Å². The van der Waals surface area contributed by atoms with Gasteiger partial charge in [0, 0.05) is 44.3 Å². The highest BCUT2D eigenvalue weighted by Crippen LogP contribution is 2.27. The standard InChI is InChI=1S/C13H16BrN5/c14-11-9-18-5-3-15-12(18)13(16-11)19-7-6-17-4-1-2-10(17)8-19/h3,5,9-10H,1-2,4,6-8H2. The van der Waals surface area contributed by atoms with E-state index in [9.17, 15) is 0 Å². The second-order valence-corrected chi connectivity index (χ2v) is 6.14. The van der Waals surface area contributed by atoms with Gasteiger partial charge in [0.2, 0.25) is 0 Å². The van der Waals surface area contributed by atoms with Crippen LogP contribution in [0.5, 0.6) is 0 Å². The molecule has 19 heavy (non-hydrogen) atoms. The molecular weight excluding hydrogens is 306 g/mol. The van der Waals surface area contributed by atoms with Gasteiger partial charge in [0.05, 0.1) is 0 Å². The number of hydrogen-bond acceptors (Lipinski definition) is 4. The average molecular weight is 322 g/mol. The lowest BCUT2D eigenvalue weighted by Crippen LogP contribution is -2.50. The third-order valence-corrected chi connectivity index (χ3v) is 4.60. The Morgan fingerprint density at radius 2 is 2.21 bits per heavy atom. The number of anilines is 1. The summed E-state index contributed by atoms with van der Waals surface area (Å²) in [5, 5.41) is 0. The van der Waals surface area contributed by atoms with Gasteiger partial charge in [-0.2, -0.15) is 0 Å². The number of piperazine rings is 1. The number of fused-ring (bicyclic) bond motifs is 2. The number of aromatic nitrogens is 3. The molecule has 2 aliphatic heterocycles. The Labute approximate surface area is 120 Å². The maximum Gasteiger partial charge on any atom is 0.180 e. The second kappa shape index (κ2) is 4.45. The van der Waals surface area contributed by atoms with Gasteiger partial charge in [-0.3, -0.25) is 4.90 Å². The third-order valence-electron chi connectivity index (χ3n) is 4.21. The quantitative estimate of drug-likeness (QED) is 0.802. The fourth-order valence-electron chi connectivity index (χ4n) is 3.28. The highest BCUT2D eigenvalue weighted by molar-refractivity contribution is 9.10. The molecule has 2 aromatic heterocycles. The van der Waals surface area contributed by atoms with Crippen molar-refractivity contribution in [1.29, 1.82) is 0 Å². The van der Waals surface area contributed by atoms with Crippen LogP contribution in [0, 0.1) is 0 Å². The Morgan fingerprint density at radius 3 is 3.16 bits per heavy atom. The molecule has 2 fully saturated rings. The van der Waals surface area contributed by atoms with Gasteiger partial charge in [0.25, 0.3) is 0 Å². The molecule has 0 spiro atoms. The monoisotopic (exact) mass is 321 g/mol. The van der Waals surface area contributed by atoms with Crippen molar-refractivity contribution in [3.8, 4) is 0 Å². The molecule has 0 radical (unpaired) electrons. The zero-order valence-electron chi connectivity index (χ0n) is 10.7. The molecule has 0 bridgehead atoms. The molecule has 0 saturated carbocycles. The Hall–Kier alpha value is -1.14. The highest BCUT2D eigenvalue weighted by Gasteiger charge is 2.31. The predicted octanol–water partition coefficient (Wildman–Crippen LogP) is 1.78. The molecule has 0 N–H and O–H groups in total. The van der Waals surface area contributed by atoms with Crippen LogP contribution in [0.2, 0.25) is 0 Å². The highest BCUT2D eigenvalue weighted by atomic mass is 79.9. The smallest absolute Gasteiger partial charge is 0.180 e. The Kier molecular flexibility index (Phi) is 2.73. The van der Waals surface area contributed by atoms with Crippen molar-refractivity contribution in [2.45, 2.75) is 18.9 Å². The first-order chi connectivity index (χ1) is 9.31. The van der Waals surface area contributed by atoms with E-state index in [0.29, 0.717) is 6.04 Å². The van der Waals surface area contributed by atoms with Gasteiger partial charge < -0.3 is 9.30 Å². The summed E-state index contributed by atoms with van der Waals surface area (Å²) in [7, 11) is 0. The zero-order valence-corrected chi connectivity index (χ0v) is 12.3. The van der Waals surface area contributed by atoms with Gasteiger partial charge in [0.15, 0.2) is 11.5 Å². The molecule has 1 unspecified atom stereocenters. The Balaban J connectivity index is 1.72. The van der Waals surface area contributed by atoms with Crippen LogP contribution in [0.3, 0.4) is 0 Å². The molecular formula is C13H16BrN5. The number of imidazole rings is 1. The fraction of sp³-hybridized carbons (Fsp3) is 0.538. The van der Waals surface area contributed by atoms with Gasteiger partial charge in [0.1, 0.15) is 4.60 Å². The Morgan fingerprint density at radius 1 is 1.26 bits per heavy atom. The van der Waals surface area contributed by atoms with Crippen LogP contribution in [0.15, 0.2) is 23.2 Å². The first-order valence-corrected chi connectivity index (χ1v) is 7.59. The maximum atomic E-state index is 4.65. The van der Waals surface area contributed by atoms with E-state index in [-0.39, 0.29) is 0 Å². The van der Waals surface area contributed by atoms with Crippen molar-refractivity contribution in [2.24, 2.45) is 0 Å². The molecule has 1 atom stereocenters. The van der Waals surface area contributed by atoms with Crippen LogP contribution >= 0.6 is 15.9 Å². The molecule has 2 saturated heterocycles. The topological polar surface area (TPSA) is 36.7 Å². The molecule has 4 heterocycles. The predicted molar refractivity (Wildman–Crippen MR) is 77.5 cm³/mol. The minimum Gasteiger partial charge on any atom is -0.351 e. The van der Waals surface area contributed by atoms with Crippen LogP contribution in [-0.2, 0) is 0 Å². The lowest BCUT2D eigenvalue weighted by Gasteiger charge is -2.38. The summed E-state index contributed by atoms with van der Waals surface area (Å²) in [6.45, 7) is 4.53. The average Bonchev–Trinajstić information content (AvgIpc) is 3.04. The van der Waals surface area contributed by atoms with E-state index in [1.54, 1.807) is 0 Å². The molecule has 6 heteroatoms. The van der Waals surface area contributed by atoms with Gasteiger partial charge in [-0.25, -0.2) is 9.97 Å². The first-order valence-electron chi connectivity index (χ1n) is 6.79. The van der Waals surface area contributed by atoms with Crippen molar-refractivity contribution < 1.29 is 0 Å². The maximum absolute atomic E-state index is 4.65. The third kappa shape index (κ3) is 1.94. The van der Waals surface area contributed by atoms with Gasteiger partial charge >= 0.3 is 0 Å². The normalized spacial score (nSPS) is 24.1. The largest absolute Gasteiger partial charge is 0.351 e. The number of hydrogen-bond donors (Lipinski definition) is 0. The van der Waals surface area contributed by atoms with Crippen molar-refractivity contribution >= 4 is 27.4 Å². The summed E-state index contributed by atoms with van der Waals surface area (Å²) in [5.41, 5.74) is 0.953. The lowest BCUT2D eigenvalue weighted by atomic mass is 10.1. The summed E-state index contributed by atoms with van der Waals surface area (Å²) < 4.78 is 2.90. The van der Waals surface area contributed by atoms with E-state index in [0.717, 1.165) is 35.7 Å². The molecule has 4 rings (SSSR count). The van der Waals surface area contributed by atoms with E-state index in [1.807, 2.05) is 23.0 Å². The summed E-state index contributed by atoms with van der Waals surface area (Å²) in [5.74, 6) is 1.01. The number of rotatable bonds is 1. The molecule has 5 nitrogen and oxygen atoms in total. The molecule has 2 aliphatic rings. The van der Waals surface area contributed by atoms with E-state index in [1.165, 1.54) is 19.4 Å². The summed E-state index contributed by atoms with van der Waals surface area (Å²) >= 11 is 3.49. The van der Waals surface area contributed by atoms with E-state index >= 15 is 0 Å². The molecule has 100 valence electrons. The number of halogens is 1. The fourth-order valence-corrected chi connectivity index (χ4v) is 3.67. The van der Waals surface area contributed by atoms with E-state index in [2.05, 4.69) is 35.7 Å². The SMILES string of the molecule is Brc1cn2ccnc2c(N2CCN3CCCC3C2)n1. The first kappa shape index (κ1) is 11.7. The second-order valence-electron chi connectivity index (χ2n) is 5.32. The van der Waals surface area contributed by atoms with Crippen LogP contribution < -0.4 is 4.90 Å². The number of nitrogens with zero attached hydrogens (tertiary/aromatic N) is 5. The van der Waals surface area contributed by atoms with Crippen LogP contribution in [0.1, 0.15) is 12.8 Å². The van der Waals surface area contributed by atoms with Crippen LogP contribution in [-0.4, -0.2) is 51.5 Å². The summed E-state index contributed by atoms with van der Waals surface area (Å²) in [4.78, 5) is 14.1. The molecule has 2 aromatic rings. The summed E-state index contributed by atoms with van der Waals surface area (Å²) in [6, 6.07) is 0.699. The van der Waals surface area contributed by atoms with Crippen LogP contribution in [0.4, 0.5) is 5.82 Å². The molecule has 0 amide bonds. The van der Waals surface area contributed by atoms with Crippen molar-refractivity contribution in [1.82, 2.24) is 19.3 Å². The Bertz CT molecular complexity index is 610. The van der Waals surface area contributed by atoms with Crippen molar-refractivity contribution in [2.75, 3.05) is 31.1 Å².